The highest BCUT2D eigenvalue weighted by Gasteiger charge is 2.09. The molecule has 0 heterocycles. The first-order valence-corrected chi connectivity index (χ1v) is 8.89. The quantitative estimate of drug-likeness (QED) is 0.339. The number of hydrogen-bond acceptors (Lipinski definition) is 6. The van der Waals surface area contributed by atoms with Crippen LogP contribution in [-0.4, -0.2) is 14.4 Å². The molecule has 0 fully saturated rings. The van der Waals surface area contributed by atoms with Gasteiger partial charge < -0.3 is 4.74 Å². The maximum absolute atomic E-state index is 11.1. The van der Waals surface area contributed by atoms with E-state index < -0.39 is 15.0 Å². The molecule has 0 aliphatic carbocycles. The topological polar surface area (TPSA) is 85.2 Å². The zero-order valence-corrected chi connectivity index (χ0v) is 14.1. The zero-order valence-electron chi connectivity index (χ0n) is 11.7. The summed E-state index contributed by atoms with van der Waals surface area (Å²) >= 11 is 5.97. The smallest absolute Gasteiger partial charge is 0.308 e. The fourth-order valence-electron chi connectivity index (χ4n) is 1.58. The molecular weight excluding hydrogens is 363 g/mol. The third-order valence-corrected chi connectivity index (χ3v) is 4.23. The van der Waals surface area contributed by atoms with Gasteiger partial charge in [-0.2, -0.15) is 10.2 Å². The molecule has 0 radical (unpaired) electrons. The molecule has 0 aromatic heterocycles. The lowest BCUT2D eigenvalue weighted by atomic mass is 10.3. The maximum Gasteiger partial charge on any atom is 0.308 e. The van der Waals surface area contributed by atoms with Gasteiger partial charge in [-0.25, -0.2) is 8.42 Å². The van der Waals surface area contributed by atoms with Crippen molar-refractivity contribution in [2.75, 3.05) is 0 Å². The Hall–Kier alpha value is -1.96. The summed E-state index contributed by atoms with van der Waals surface area (Å²) in [5.41, 5.74) is 0.884. The van der Waals surface area contributed by atoms with Crippen molar-refractivity contribution in [3.63, 3.8) is 0 Å². The average Bonchev–Trinajstić information content (AvgIpc) is 2.47. The largest absolute Gasteiger partial charge is 0.425 e. The summed E-state index contributed by atoms with van der Waals surface area (Å²) in [5, 5.41) is 8.14. The molecule has 0 aliphatic rings. The standard InChI is InChI=1S/C14H10Cl2N2O4S/c1-9(19)22-14-7-4-11(8-13(14)15)18-17-10-2-5-12(6-3-10)23(16,20)21/h2-8H,1H3. The number of nitrogens with zero attached hydrogens (tertiary/aromatic N) is 2. The van der Waals surface area contributed by atoms with Gasteiger partial charge in [0.2, 0.25) is 0 Å². The van der Waals surface area contributed by atoms with Crippen molar-refractivity contribution in [1.82, 2.24) is 0 Å². The SMILES string of the molecule is CC(=O)Oc1ccc(N=Nc2ccc(S(=O)(=O)Cl)cc2)cc1Cl. The van der Waals surface area contributed by atoms with Crippen LogP contribution in [0, 0.1) is 0 Å². The van der Waals surface area contributed by atoms with Crippen molar-refractivity contribution in [1.29, 1.82) is 0 Å². The molecule has 0 bridgehead atoms. The number of ether oxygens (including phenoxy) is 1. The second-order valence-corrected chi connectivity index (χ2v) is 7.31. The summed E-state index contributed by atoms with van der Waals surface area (Å²) in [6.45, 7) is 1.27. The van der Waals surface area contributed by atoms with Crippen molar-refractivity contribution in [2.24, 2.45) is 10.2 Å². The maximum atomic E-state index is 11.1. The van der Waals surface area contributed by atoms with Crippen LogP contribution in [0.4, 0.5) is 11.4 Å². The fraction of sp³-hybridized carbons (Fsp3) is 0.0714. The molecule has 0 atom stereocenters. The van der Waals surface area contributed by atoms with E-state index in [2.05, 4.69) is 10.2 Å². The van der Waals surface area contributed by atoms with Crippen molar-refractivity contribution in [2.45, 2.75) is 11.8 Å². The van der Waals surface area contributed by atoms with Crippen LogP contribution in [0.5, 0.6) is 5.75 Å². The van der Waals surface area contributed by atoms with Gasteiger partial charge in [-0.05, 0) is 42.5 Å². The van der Waals surface area contributed by atoms with Crippen LogP contribution in [0.3, 0.4) is 0 Å². The van der Waals surface area contributed by atoms with E-state index >= 15 is 0 Å². The number of carbonyl (C=O) groups is 1. The molecule has 120 valence electrons. The van der Waals surface area contributed by atoms with Gasteiger partial charge in [0.25, 0.3) is 9.05 Å². The van der Waals surface area contributed by atoms with Gasteiger partial charge in [0.1, 0.15) is 5.75 Å². The molecule has 0 saturated heterocycles. The Balaban J connectivity index is 2.17. The van der Waals surface area contributed by atoms with Crippen LogP contribution in [0.1, 0.15) is 6.92 Å². The third kappa shape index (κ3) is 5.02. The summed E-state index contributed by atoms with van der Waals surface area (Å²) in [7, 11) is 1.45. The van der Waals surface area contributed by atoms with Crippen molar-refractivity contribution >= 4 is 48.7 Å². The molecule has 6 nitrogen and oxygen atoms in total. The minimum absolute atomic E-state index is 0.0214. The Morgan fingerprint density at radius 2 is 1.61 bits per heavy atom. The minimum atomic E-state index is -3.77. The van der Waals surface area contributed by atoms with Gasteiger partial charge in [0.15, 0.2) is 0 Å². The lowest BCUT2D eigenvalue weighted by molar-refractivity contribution is -0.131. The van der Waals surface area contributed by atoms with E-state index in [1.807, 2.05) is 0 Å². The molecule has 0 unspecified atom stereocenters. The summed E-state index contributed by atoms with van der Waals surface area (Å²) in [5.74, 6) is -0.245. The molecule has 0 N–H and O–H groups in total. The summed E-state index contributed by atoms with van der Waals surface area (Å²) < 4.78 is 27.2. The molecule has 9 heteroatoms. The van der Waals surface area contributed by atoms with Crippen LogP contribution in [-0.2, 0) is 13.8 Å². The first-order chi connectivity index (χ1) is 10.8. The predicted octanol–water partition coefficient (Wildman–Crippen LogP) is 4.61. The highest BCUT2D eigenvalue weighted by Crippen LogP contribution is 2.30. The van der Waals surface area contributed by atoms with Gasteiger partial charge >= 0.3 is 5.97 Å². The van der Waals surface area contributed by atoms with Crippen molar-refractivity contribution in [3.05, 3.63) is 47.5 Å². The van der Waals surface area contributed by atoms with Crippen molar-refractivity contribution < 1.29 is 17.9 Å². The zero-order chi connectivity index (χ0) is 17.0. The molecule has 0 amide bonds. The van der Waals surface area contributed by atoms with Crippen LogP contribution in [0.2, 0.25) is 5.02 Å². The number of benzene rings is 2. The molecule has 2 rings (SSSR count). The van der Waals surface area contributed by atoms with Gasteiger partial charge in [-0.1, -0.05) is 11.6 Å². The number of hydrogen-bond donors (Lipinski definition) is 0. The molecule has 2 aromatic rings. The second-order valence-electron chi connectivity index (χ2n) is 4.34. The van der Waals surface area contributed by atoms with E-state index in [0.717, 1.165) is 0 Å². The molecule has 0 saturated carbocycles. The van der Waals surface area contributed by atoms with E-state index in [0.29, 0.717) is 11.4 Å². The Labute approximate surface area is 142 Å². The predicted molar refractivity (Wildman–Crippen MR) is 86.4 cm³/mol. The van der Waals surface area contributed by atoms with Gasteiger partial charge in [0, 0.05) is 17.6 Å². The van der Waals surface area contributed by atoms with Crippen LogP contribution in [0.25, 0.3) is 0 Å². The lowest BCUT2D eigenvalue weighted by Crippen LogP contribution is -2.01. The Kier molecular flexibility index (Phi) is 5.35. The second kappa shape index (κ2) is 7.08. The van der Waals surface area contributed by atoms with Crippen molar-refractivity contribution in [3.8, 4) is 5.75 Å². The number of halogens is 2. The van der Waals surface area contributed by atoms with Gasteiger partial charge in [-0.15, -0.1) is 0 Å². The Bertz CT molecular complexity index is 865. The average molecular weight is 373 g/mol. The van der Waals surface area contributed by atoms with Gasteiger partial charge in [-0.3, -0.25) is 4.79 Å². The fourth-order valence-corrected chi connectivity index (χ4v) is 2.56. The van der Waals surface area contributed by atoms with Crippen LogP contribution < -0.4 is 4.74 Å². The first kappa shape index (κ1) is 17.4. The lowest BCUT2D eigenvalue weighted by Gasteiger charge is -2.03. The number of azo groups is 1. The minimum Gasteiger partial charge on any atom is -0.425 e. The highest BCUT2D eigenvalue weighted by atomic mass is 35.7. The van der Waals surface area contributed by atoms with E-state index in [4.69, 9.17) is 27.0 Å². The first-order valence-electron chi connectivity index (χ1n) is 6.20. The Morgan fingerprint density at radius 3 is 2.13 bits per heavy atom. The van der Waals surface area contributed by atoms with Crippen LogP contribution >= 0.6 is 22.3 Å². The molecule has 2 aromatic carbocycles. The van der Waals surface area contributed by atoms with E-state index in [1.54, 1.807) is 6.07 Å². The van der Waals surface area contributed by atoms with E-state index in [9.17, 15) is 13.2 Å². The molecule has 0 spiro atoms. The van der Waals surface area contributed by atoms with E-state index in [-0.39, 0.29) is 15.7 Å². The number of carbonyl (C=O) groups excluding carboxylic acids is 1. The summed E-state index contributed by atoms with van der Waals surface area (Å²) in [6.07, 6.45) is 0. The highest BCUT2D eigenvalue weighted by molar-refractivity contribution is 8.13. The Morgan fingerprint density at radius 1 is 1.04 bits per heavy atom. The number of rotatable bonds is 4. The van der Waals surface area contributed by atoms with Crippen LogP contribution in [0.15, 0.2) is 57.6 Å². The molecular formula is C14H10Cl2N2O4S. The number of esters is 1. The normalized spacial score (nSPS) is 11.6. The van der Waals surface area contributed by atoms with E-state index in [1.165, 1.54) is 43.3 Å². The third-order valence-electron chi connectivity index (χ3n) is 2.57. The summed E-state index contributed by atoms with van der Waals surface area (Å²) in [6, 6.07) is 10.1. The van der Waals surface area contributed by atoms with Gasteiger partial charge in [0.05, 0.1) is 21.3 Å². The monoisotopic (exact) mass is 372 g/mol. The molecule has 23 heavy (non-hydrogen) atoms. The summed E-state index contributed by atoms with van der Waals surface area (Å²) in [4.78, 5) is 10.9. The molecule has 0 aliphatic heterocycles.